The number of rotatable bonds is 5. The summed E-state index contributed by atoms with van der Waals surface area (Å²) >= 11 is 3.34. The summed E-state index contributed by atoms with van der Waals surface area (Å²) in [4.78, 5) is 0. The average Bonchev–Trinajstić information content (AvgIpc) is 2.20. The smallest absolute Gasteiger partial charge is 0.130 e. The molecular formula is C11H15BrFNO. The molecule has 0 aliphatic carbocycles. The van der Waals surface area contributed by atoms with Crippen molar-refractivity contribution in [2.45, 2.75) is 19.4 Å². The van der Waals surface area contributed by atoms with Gasteiger partial charge in [-0.15, -0.1) is 0 Å². The van der Waals surface area contributed by atoms with E-state index in [-0.39, 0.29) is 12.4 Å². The Morgan fingerprint density at radius 1 is 1.47 bits per heavy atom. The molecule has 0 fully saturated rings. The summed E-state index contributed by atoms with van der Waals surface area (Å²) < 4.78 is 19.3. The Bertz CT molecular complexity index is 307. The average molecular weight is 276 g/mol. The Balaban J connectivity index is 2.87. The second kappa shape index (κ2) is 6.20. The van der Waals surface area contributed by atoms with Crippen LogP contribution in [-0.2, 0) is 17.8 Å². The van der Waals surface area contributed by atoms with Crippen LogP contribution in [0.5, 0.6) is 0 Å². The molecule has 1 rings (SSSR count). The van der Waals surface area contributed by atoms with Gasteiger partial charge in [0, 0.05) is 17.1 Å². The van der Waals surface area contributed by atoms with Crippen LogP contribution in [0.25, 0.3) is 0 Å². The highest BCUT2D eigenvalue weighted by Crippen LogP contribution is 2.23. The lowest BCUT2D eigenvalue weighted by Gasteiger charge is -2.08. The van der Waals surface area contributed by atoms with E-state index in [1.54, 1.807) is 13.2 Å². The molecular weight excluding hydrogens is 261 g/mol. The normalized spacial score (nSPS) is 10.7. The van der Waals surface area contributed by atoms with E-state index < -0.39 is 0 Å². The van der Waals surface area contributed by atoms with E-state index in [2.05, 4.69) is 15.9 Å². The third kappa shape index (κ3) is 3.55. The van der Waals surface area contributed by atoms with Gasteiger partial charge in [0.1, 0.15) is 5.82 Å². The van der Waals surface area contributed by atoms with Gasteiger partial charge in [-0.2, -0.15) is 0 Å². The van der Waals surface area contributed by atoms with Crippen LogP contribution in [0.1, 0.15) is 17.5 Å². The molecule has 0 bridgehead atoms. The van der Waals surface area contributed by atoms with Crippen molar-refractivity contribution in [3.63, 3.8) is 0 Å². The molecule has 0 aliphatic rings. The second-order valence-electron chi connectivity index (χ2n) is 3.36. The van der Waals surface area contributed by atoms with Crippen LogP contribution in [0.15, 0.2) is 16.6 Å². The fourth-order valence-electron chi connectivity index (χ4n) is 1.39. The molecule has 4 heteroatoms. The van der Waals surface area contributed by atoms with Crippen LogP contribution in [0.4, 0.5) is 4.39 Å². The van der Waals surface area contributed by atoms with Crippen molar-refractivity contribution in [1.82, 2.24) is 0 Å². The molecule has 0 radical (unpaired) electrons. The molecule has 0 saturated heterocycles. The van der Waals surface area contributed by atoms with Crippen molar-refractivity contribution in [3.05, 3.63) is 33.5 Å². The maximum Gasteiger partial charge on any atom is 0.130 e. The molecule has 84 valence electrons. The number of ether oxygens (including phenoxy) is 1. The maximum absolute atomic E-state index is 13.6. The lowest BCUT2D eigenvalue weighted by atomic mass is 10.1. The minimum absolute atomic E-state index is 0.224. The van der Waals surface area contributed by atoms with Crippen molar-refractivity contribution in [3.8, 4) is 0 Å². The Hall–Kier alpha value is -0.450. The molecule has 0 atom stereocenters. The first-order valence-electron chi connectivity index (χ1n) is 4.84. The Kier molecular flexibility index (Phi) is 5.22. The SMILES string of the molecule is COCc1c(F)cc(CCCN)cc1Br. The molecule has 2 nitrogen and oxygen atoms in total. The zero-order chi connectivity index (χ0) is 11.3. The van der Waals surface area contributed by atoms with Crippen molar-refractivity contribution >= 4 is 15.9 Å². The van der Waals surface area contributed by atoms with Crippen molar-refractivity contribution in [2.75, 3.05) is 13.7 Å². The summed E-state index contributed by atoms with van der Waals surface area (Å²) in [5.41, 5.74) is 6.93. The third-order valence-corrected chi connectivity index (χ3v) is 2.87. The van der Waals surface area contributed by atoms with E-state index in [0.29, 0.717) is 12.1 Å². The molecule has 0 amide bonds. The van der Waals surface area contributed by atoms with Gasteiger partial charge in [-0.3, -0.25) is 0 Å². The fraction of sp³-hybridized carbons (Fsp3) is 0.455. The number of nitrogens with two attached hydrogens (primary N) is 1. The highest BCUT2D eigenvalue weighted by molar-refractivity contribution is 9.10. The highest BCUT2D eigenvalue weighted by atomic mass is 79.9. The van der Waals surface area contributed by atoms with Crippen molar-refractivity contribution < 1.29 is 9.13 Å². The van der Waals surface area contributed by atoms with Gasteiger partial charge in [-0.1, -0.05) is 15.9 Å². The Morgan fingerprint density at radius 3 is 2.73 bits per heavy atom. The number of aryl methyl sites for hydroxylation is 1. The highest BCUT2D eigenvalue weighted by Gasteiger charge is 2.08. The van der Waals surface area contributed by atoms with Crippen LogP contribution >= 0.6 is 15.9 Å². The standard InChI is InChI=1S/C11H15BrFNO/c1-15-7-9-10(12)5-8(3-2-4-14)6-11(9)13/h5-6H,2-4,7,14H2,1H3. The number of hydrogen-bond donors (Lipinski definition) is 1. The summed E-state index contributed by atoms with van der Waals surface area (Å²) in [7, 11) is 1.55. The Morgan fingerprint density at radius 2 is 2.20 bits per heavy atom. The molecule has 1 aromatic carbocycles. The van der Waals surface area contributed by atoms with Crippen LogP contribution in [-0.4, -0.2) is 13.7 Å². The molecule has 2 N–H and O–H groups in total. The molecule has 0 heterocycles. The predicted molar refractivity (Wildman–Crippen MR) is 62.2 cm³/mol. The lowest BCUT2D eigenvalue weighted by Crippen LogP contribution is -2.02. The van der Waals surface area contributed by atoms with Crippen molar-refractivity contribution in [1.29, 1.82) is 0 Å². The monoisotopic (exact) mass is 275 g/mol. The first kappa shape index (κ1) is 12.6. The van der Waals surface area contributed by atoms with Gasteiger partial charge in [0.25, 0.3) is 0 Å². The molecule has 0 spiro atoms. The molecule has 1 aromatic rings. The minimum atomic E-state index is -0.224. The minimum Gasteiger partial charge on any atom is -0.380 e. The maximum atomic E-state index is 13.6. The zero-order valence-corrected chi connectivity index (χ0v) is 10.3. The molecule has 0 unspecified atom stereocenters. The second-order valence-corrected chi connectivity index (χ2v) is 4.22. The third-order valence-electron chi connectivity index (χ3n) is 2.16. The van der Waals surface area contributed by atoms with E-state index in [9.17, 15) is 4.39 Å². The summed E-state index contributed by atoms with van der Waals surface area (Å²) in [5, 5.41) is 0. The number of benzene rings is 1. The number of hydrogen-bond acceptors (Lipinski definition) is 2. The van der Waals surface area contributed by atoms with Crippen LogP contribution in [0, 0.1) is 5.82 Å². The predicted octanol–water partition coefficient (Wildman–Crippen LogP) is 2.63. The van der Waals surface area contributed by atoms with E-state index in [4.69, 9.17) is 10.5 Å². The fourth-order valence-corrected chi connectivity index (χ4v) is 1.99. The lowest BCUT2D eigenvalue weighted by molar-refractivity contribution is 0.181. The van der Waals surface area contributed by atoms with Gasteiger partial charge < -0.3 is 10.5 Å². The first-order chi connectivity index (χ1) is 7.19. The van der Waals surface area contributed by atoms with E-state index in [0.717, 1.165) is 22.9 Å². The summed E-state index contributed by atoms with van der Waals surface area (Å²) in [5.74, 6) is -0.224. The summed E-state index contributed by atoms with van der Waals surface area (Å²) in [6.07, 6.45) is 1.68. The van der Waals surface area contributed by atoms with Gasteiger partial charge >= 0.3 is 0 Å². The van der Waals surface area contributed by atoms with Crippen LogP contribution < -0.4 is 5.73 Å². The largest absolute Gasteiger partial charge is 0.380 e. The van der Waals surface area contributed by atoms with Gasteiger partial charge in [0.2, 0.25) is 0 Å². The van der Waals surface area contributed by atoms with E-state index >= 15 is 0 Å². The Labute approximate surface area is 97.7 Å². The van der Waals surface area contributed by atoms with Gasteiger partial charge in [-0.05, 0) is 37.1 Å². The molecule has 15 heavy (non-hydrogen) atoms. The summed E-state index contributed by atoms with van der Waals surface area (Å²) in [6.45, 7) is 0.905. The molecule has 0 aromatic heterocycles. The van der Waals surface area contributed by atoms with Gasteiger partial charge in [-0.25, -0.2) is 4.39 Å². The van der Waals surface area contributed by atoms with Crippen molar-refractivity contribution in [2.24, 2.45) is 5.73 Å². The summed E-state index contributed by atoms with van der Waals surface area (Å²) in [6, 6.07) is 3.47. The van der Waals surface area contributed by atoms with Crippen LogP contribution in [0.3, 0.4) is 0 Å². The zero-order valence-electron chi connectivity index (χ0n) is 8.72. The quantitative estimate of drug-likeness (QED) is 0.897. The van der Waals surface area contributed by atoms with Gasteiger partial charge in [0.15, 0.2) is 0 Å². The van der Waals surface area contributed by atoms with Crippen LogP contribution in [0.2, 0.25) is 0 Å². The number of halogens is 2. The topological polar surface area (TPSA) is 35.2 Å². The number of methoxy groups -OCH3 is 1. The van der Waals surface area contributed by atoms with Gasteiger partial charge in [0.05, 0.1) is 6.61 Å². The molecule has 0 saturated carbocycles. The molecule has 0 aliphatic heterocycles. The van der Waals surface area contributed by atoms with E-state index in [1.807, 2.05) is 6.07 Å². The van der Waals surface area contributed by atoms with E-state index in [1.165, 1.54) is 0 Å². The first-order valence-corrected chi connectivity index (χ1v) is 5.64.